The van der Waals surface area contributed by atoms with E-state index in [2.05, 4.69) is 15.2 Å². The molecular weight excluding hydrogens is 378 g/mol. The molecule has 0 atom stereocenters. The highest BCUT2D eigenvalue weighted by Gasteiger charge is 2.21. The second-order valence-corrected chi connectivity index (χ2v) is 8.91. The van der Waals surface area contributed by atoms with E-state index in [0.717, 1.165) is 54.4 Å². The average Bonchev–Trinajstić information content (AvgIpc) is 3.17. The summed E-state index contributed by atoms with van der Waals surface area (Å²) < 4.78 is 5.44. The van der Waals surface area contributed by atoms with Gasteiger partial charge in [-0.25, -0.2) is 4.98 Å². The van der Waals surface area contributed by atoms with Crippen LogP contribution >= 0.6 is 22.9 Å². The highest BCUT2D eigenvalue weighted by atomic mass is 35.5. The third-order valence-corrected chi connectivity index (χ3v) is 6.89. The van der Waals surface area contributed by atoms with Gasteiger partial charge in [-0.3, -0.25) is 9.80 Å². The number of benzene rings is 1. The molecule has 0 spiro atoms. The van der Waals surface area contributed by atoms with Crippen molar-refractivity contribution in [1.29, 1.82) is 0 Å². The summed E-state index contributed by atoms with van der Waals surface area (Å²) in [5, 5.41) is 4.06. The molecule has 146 valence electrons. The van der Waals surface area contributed by atoms with Crippen LogP contribution in [-0.2, 0) is 11.3 Å². The van der Waals surface area contributed by atoms with Gasteiger partial charge in [0.15, 0.2) is 0 Å². The first kappa shape index (κ1) is 19.3. The molecule has 2 fully saturated rings. The summed E-state index contributed by atoms with van der Waals surface area (Å²) in [5.41, 5.74) is 2.34. The van der Waals surface area contributed by atoms with Crippen LogP contribution in [0.5, 0.6) is 0 Å². The van der Waals surface area contributed by atoms with Gasteiger partial charge in [0.2, 0.25) is 0 Å². The number of morpholine rings is 1. The molecule has 0 radical (unpaired) electrons. The summed E-state index contributed by atoms with van der Waals surface area (Å²) in [5.74, 6) is 0.879. The van der Waals surface area contributed by atoms with Crippen molar-refractivity contribution in [2.45, 2.75) is 25.8 Å². The van der Waals surface area contributed by atoms with E-state index in [4.69, 9.17) is 21.3 Å². The number of ether oxygens (including phenoxy) is 1. The monoisotopic (exact) mass is 405 g/mol. The van der Waals surface area contributed by atoms with Crippen LogP contribution in [0.1, 0.15) is 25.0 Å². The number of nitrogens with zero attached hydrogens (tertiary/aromatic N) is 3. The van der Waals surface area contributed by atoms with E-state index >= 15 is 0 Å². The van der Waals surface area contributed by atoms with Crippen LogP contribution in [-0.4, -0.2) is 60.7 Å². The zero-order chi connectivity index (χ0) is 18.5. The van der Waals surface area contributed by atoms with Crippen molar-refractivity contribution >= 4 is 22.9 Å². The van der Waals surface area contributed by atoms with Crippen molar-refractivity contribution in [2.24, 2.45) is 5.92 Å². The maximum atomic E-state index is 5.98. The molecule has 0 saturated carbocycles. The first-order valence-electron chi connectivity index (χ1n) is 9.99. The molecule has 2 aliphatic rings. The fraction of sp³-hybridized carbons (Fsp3) is 0.571. The van der Waals surface area contributed by atoms with Crippen LogP contribution in [0.3, 0.4) is 0 Å². The van der Waals surface area contributed by atoms with Gasteiger partial charge in [0.1, 0.15) is 5.01 Å². The van der Waals surface area contributed by atoms with E-state index in [1.807, 2.05) is 24.3 Å². The van der Waals surface area contributed by atoms with Gasteiger partial charge in [-0.1, -0.05) is 23.7 Å². The summed E-state index contributed by atoms with van der Waals surface area (Å²) in [4.78, 5) is 9.96. The van der Waals surface area contributed by atoms with Crippen LogP contribution in [0.15, 0.2) is 29.6 Å². The summed E-state index contributed by atoms with van der Waals surface area (Å²) >= 11 is 7.70. The Bertz CT molecular complexity index is 706. The van der Waals surface area contributed by atoms with Crippen molar-refractivity contribution in [1.82, 2.24) is 14.8 Å². The molecule has 27 heavy (non-hydrogen) atoms. The minimum absolute atomic E-state index is 0.770. The molecule has 0 unspecified atom stereocenters. The lowest BCUT2D eigenvalue weighted by atomic mass is 9.93. The molecule has 6 heteroatoms. The summed E-state index contributed by atoms with van der Waals surface area (Å²) in [7, 11) is 0. The van der Waals surface area contributed by atoms with E-state index in [1.54, 1.807) is 11.3 Å². The second kappa shape index (κ2) is 9.48. The summed E-state index contributed by atoms with van der Waals surface area (Å²) in [6, 6.07) is 7.95. The van der Waals surface area contributed by atoms with Crippen molar-refractivity contribution in [3.05, 3.63) is 40.4 Å². The number of piperidine rings is 1. The molecule has 4 nitrogen and oxygen atoms in total. The Balaban J connectivity index is 1.22. The standard InChI is InChI=1S/C21H28ClN3OS/c22-19-3-1-18(2-4-19)21-23-20(16-27-21)15-25-9-6-17(7-10-25)5-8-24-11-13-26-14-12-24/h1-4,16-17H,5-15H2. The predicted octanol–water partition coefficient (Wildman–Crippen LogP) is 4.40. The van der Waals surface area contributed by atoms with Gasteiger partial charge < -0.3 is 4.74 Å². The third-order valence-electron chi connectivity index (χ3n) is 5.69. The summed E-state index contributed by atoms with van der Waals surface area (Å²) in [6.45, 7) is 8.64. The van der Waals surface area contributed by atoms with Crippen LogP contribution < -0.4 is 0 Å². The number of halogens is 1. The maximum absolute atomic E-state index is 5.98. The van der Waals surface area contributed by atoms with Crippen LogP contribution in [0.4, 0.5) is 0 Å². The van der Waals surface area contributed by atoms with Gasteiger partial charge in [-0.05, 0) is 56.9 Å². The Morgan fingerprint density at radius 1 is 1.04 bits per heavy atom. The average molecular weight is 406 g/mol. The molecule has 0 amide bonds. The van der Waals surface area contributed by atoms with Crippen molar-refractivity contribution < 1.29 is 4.74 Å². The Hall–Kier alpha value is -0.980. The molecule has 3 heterocycles. The topological polar surface area (TPSA) is 28.6 Å². The second-order valence-electron chi connectivity index (χ2n) is 7.61. The molecule has 0 N–H and O–H groups in total. The molecule has 1 aromatic carbocycles. The maximum Gasteiger partial charge on any atom is 0.123 e. The molecule has 2 saturated heterocycles. The number of rotatable bonds is 6. The first-order valence-corrected chi connectivity index (χ1v) is 11.2. The Morgan fingerprint density at radius 3 is 2.52 bits per heavy atom. The van der Waals surface area contributed by atoms with Gasteiger partial charge >= 0.3 is 0 Å². The SMILES string of the molecule is Clc1ccc(-c2nc(CN3CCC(CCN4CCOCC4)CC3)cs2)cc1. The molecule has 1 aromatic heterocycles. The molecule has 0 aliphatic carbocycles. The van der Waals surface area contributed by atoms with Gasteiger partial charge in [-0.2, -0.15) is 0 Å². The molecule has 2 aromatic rings. The zero-order valence-corrected chi connectivity index (χ0v) is 17.4. The lowest BCUT2D eigenvalue weighted by Gasteiger charge is -2.33. The highest BCUT2D eigenvalue weighted by Crippen LogP contribution is 2.27. The number of likely N-dealkylation sites (tertiary alicyclic amines) is 1. The normalized spacial score (nSPS) is 20.2. The number of hydrogen-bond donors (Lipinski definition) is 0. The Morgan fingerprint density at radius 2 is 1.78 bits per heavy atom. The van der Waals surface area contributed by atoms with E-state index in [1.165, 1.54) is 44.6 Å². The zero-order valence-electron chi connectivity index (χ0n) is 15.8. The number of hydrogen-bond acceptors (Lipinski definition) is 5. The fourth-order valence-electron chi connectivity index (χ4n) is 3.96. The van der Waals surface area contributed by atoms with E-state index in [-0.39, 0.29) is 0 Å². The van der Waals surface area contributed by atoms with E-state index < -0.39 is 0 Å². The largest absolute Gasteiger partial charge is 0.379 e. The van der Waals surface area contributed by atoms with Crippen molar-refractivity contribution in [2.75, 3.05) is 45.9 Å². The van der Waals surface area contributed by atoms with E-state index in [0.29, 0.717) is 0 Å². The Kier molecular flexibility index (Phi) is 6.79. The van der Waals surface area contributed by atoms with Crippen LogP contribution in [0.25, 0.3) is 10.6 Å². The smallest absolute Gasteiger partial charge is 0.123 e. The molecule has 0 bridgehead atoms. The third kappa shape index (κ3) is 5.52. The summed E-state index contributed by atoms with van der Waals surface area (Å²) in [6.07, 6.45) is 3.97. The minimum atomic E-state index is 0.770. The molecular formula is C21H28ClN3OS. The number of aromatic nitrogens is 1. The van der Waals surface area contributed by atoms with Gasteiger partial charge in [-0.15, -0.1) is 11.3 Å². The number of thiazole rings is 1. The minimum Gasteiger partial charge on any atom is -0.379 e. The first-order chi connectivity index (χ1) is 13.3. The van der Waals surface area contributed by atoms with Gasteiger partial charge in [0, 0.05) is 35.6 Å². The van der Waals surface area contributed by atoms with E-state index in [9.17, 15) is 0 Å². The molecule has 4 rings (SSSR count). The predicted molar refractivity (Wildman–Crippen MR) is 112 cm³/mol. The van der Waals surface area contributed by atoms with Crippen molar-refractivity contribution in [3.63, 3.8) is 0 Å². The van der Waals surface area contributed by atoms with Crippen LogP contribution in [0, 0.1) is 5.92 Å². The highest BCUT2D eigenvalue weighted by molar-refractivity contribution is 7.13. The van der Waals surface area contributed by atoms with Crippen LogP contribution in [0.2, 0.25) is 5.02 Å². The molecule has 2 aliphatic heterocycles. The quantitative estimate of drug-likeness (QED) is 0.712. The van der Waals surface area contributed by atoms with Gasteiger partial charge in [0.05, 0.1) is 18.9 Å². The Labute approximate surface area is 171 Å². The fourth-order valence-corrected chi connectivity index (χ4v) is 4.90. The lowest BCUT2D eigenvalue weighted by molar-refractivity contribution is 0.0334. The van der Waals surface area contributed by atoms with Gasteiger partial charge in [0.25, 0.3) is 0 Å². The lowest BCUT2D eigenvalue weighted by Crippen LogP contribution is -2.39. The van der Waals surface area contributed by atoms with Crippen molar-refractivity contribution in [3.8, 4) is 10.6 Å².